The van der Waals surface area contributed by atoms with Crippen molar-refractivity contribution in [3.63, 3.8) is 0 Å². The molecule has 116 valence electrons. The molecule has 1 aliphatic carbocycles. The number of aryl methyl sites for hydroxylation is 1. The smallest absolute Gasteiger partial charge is 0.169 e. The minimum Gasteiger partial charge on any atom is -0.327 e. The van der Waals surface area contributed by atoms with Crippen LogP contribution in [0.5, 0.6) is 0 Å². The molecule has 0 bridgehead atoms. The van der Waals surface area contributed by atoms with Crippen LogP contribution in [0, 0.1) is 6.92 Å². The Bertz CT molecular complexity index is 902. The zero-order valence-electron chi connectivity index (χ0n) is 12.8. The van der Waals surface area contributed by atoms with Gasteiger partial charge in [-0.3, -0.25) is 4.79 Å². The SMILES string of the molecule is Cc1nnc(CC(=O)c2cc(C3CC3N)c3ccccc3c2)s1. The summed E-state index contributed by atoms with van der Waals surface area (Å²) < 4.78 is 0. The molecule has 1 heterocycles. The molecule has 1 fully saturated rings. The van der Waals surface area contributed by atoms with Gasteiger partial charge in [0.05, 0.1) is 6.42 Å². The maximum absolute atomic E-state index is 12.7. The highest BCUT2D eigenvalue weighted by atomic mass is 32.1. The molecule has 0 amide bonds. The number of aromatic nitrogens is 2. The summed E-state index contributed by atoms with van der Waals surface area (Å²) >= 11 is 1.47. The molecule has 1 aliphatic rings. The van der Waals surface area contributed by atoms with E-state index < -0.39 is 0 Å². The molecule has 1 aromatic heterocycles. The third kappa shape index (κ3) is 2.78. The zero-order valence-corrected chi connectivity index (χ0v) is 13.6. The summed E-state index contributed by atoms with van der Waals surface area (Å²) in [6.07, 6.45) is 1.30. The van der Waals surface area contributed by atoms with Crippen molar-refractivity contribution in [2.24, 2.45) is 5.73 Å². The minimum atomic E-state index is 0.0855. The first-order chi connectivity index (χ1) is 11.1. The van der Waals surface area contributed by atoms with E-state index in [0.717, 1.165) is 27.4 Å². The summed E-state index contributed by atoms with van der Waals surface area (Å²) in [5.74, 6) is 0.457. The second-order valence-corrected chi connectivity index (χ2v) is 7.37. The van der Waals surface area contributed by atoms with Crippen molar-refractivity contribution in [2.45, 2.75) is 31.7 Å². The Morgan fingerprint density at radius 2 is 2.09 bits per heavy atom. The lowest BCUT2D eigenvalue weighted by atomic mass is 9.95. The highest BCUT2D eigenvalue weighted by molar-refractivity contribution is 7.11. The molecule has 0 radical (unpaired) electrons. The lowest BCUT2D eigenvalue weighted by molar-refractivity contribution is 0.0993. The molecule has 2 N–H and O–H groups in total. The predicted octanol–water partition coefficient (Wildman–Crippen LogP) is 3.24. The molecule has 4 nitrogen and oxygen atoms in total. The van der Waals surface area contributed by atoms with Gasteiger partial charge in [-0.25, -0.2) is 0 Å². The van der Waals surface area contributed by atoms with E-state index in [1.165, 1.54) is 22.3 Å². The van der Waals surface area contributed by atoms with Gasteiger partial charge in [-0.05, 0) is 41.8 Å². The fourth-order valence-electron chi connectivity index (χ4n) is 3.03. The topological polar surface area (TPSA) is 68.9 Å². The zero-order chi connectivity index (χ0) is 16.0. The molecular weight excluding hydrogens is 306 g/mol. The number of carbonyl (C=O) groups excluding carboxylic acids is 1. The van der Waals surface area contributed by atoms with Crippen molar-refractivity contribution < 1.29 is 4.79 Å². The average Bonchev–Trinajstić information content (AvgIpc) is 3.14. The second-order valence-electron chi connectivity index (χ2n) is 6.11. The van der Waals surface area contributed by atoms with Crippen LogP contribution in [-0.2, 0) is 6.42 Å². The average molecular weight is 323 g/mol. The van der Waals surface area contributed by atoms with Gasteiger partial charge in [0, 0.05) is 17.5 Å². The minimum absolute atomic E-state index is 0.0855. The number of benzene rings is 2. The first kappa shape index (κ1) is 14.5. The van der Waals surface area contributed by atoms with Crippen LogP contribution < -0.4 is 5.73 Å². The van der Waals surface area contributed by atoms with E-state index in [0.29, 0.717) is 12.3 Å². The number of Topliss-reactive ketones (excluding diaryl/α,β-unsaturated/α-hetero) is 1. The van der Waals surface area contributed by atoms with Crippen molar-refractivity contribution in [1.29, 1.82) is 0 Å². The van der Waals surface area contributed by atoms with E-state index in [2.05, 4.69) is 22.3 Å². The molecule has 23 heavy (non-hydrogen) atoms. The summed E-state index contributed by atoms with van der Waals surface area (Å²) in [6.45, 7) is 1.90. The fourth-order valence-corrected chi connectivity index (χ4v) is 3.74. The Balaban J connectivity index is 1.73. The van der Waals surface area contributed by atoms with Gasteiger partial charge in [-0.2, -0.15) is 0 Å². The molecule has 2 aromatic carbocycles. The molecule has 2 atom stereocenters. The Morgan fingerprint density at radius 3 is 2.78 bits per heavy atom. The molecule has 0 spiro atoms. The molecule has 2 unspecified atom stereocenters. The van der Waals surface area contributed by atoms with Gasteiger partial charge in [0.25, 0.3) is 0 Å². The highest BCUT2D eigenvalue weighted by Gasteiger charge is 2.36. The Labute approximate surface area is 138 Å². The summed E-state index contributed by atoms with van der Waals surface area (Å²) in [5, 5.41) is 12.0. The van der Waals surface area contributed by atoms with Crippen LogP contribution in [0.4, 0.5) is 0 Å². The maximum Gasteiger partial charge on any atom is 0.169 e. The molecule has 0 saturated heterocycles. The van der Waals surface area contributed by atoms with Crippen molar-refractivity contribution in [2.75, 3.05) is 0 Å². The van der Waals surface area contributed by atoms with Crippen molar-refractivity contribution in [1.82, 2.24) is 10.2 Å². The van der Waals surface area contributed by atoms with E-state index in [1.807, 2.05) is 31.2 Å². The van der Waals surface area contributed by atoms with Crippen LogP contribution in [0.25, 0.3) is 10.8 Å². The van der Waals surface area contributed by atoms with E-state index >= 15 is 0 Å². The van der Waals surface area contributed by atoms with E-state index in [4.69, 9.17) is 5.73 Å². The first-order valence-electron chi connectivity index (χ1n) is 7.72. The number of rotatable bonds is 4. The van der Waals surface area contributed by atoms with Crippen LogP contribution in [-0.4, -0.2) is 22.0 Å². The molecule has 0 aliphatic heterocycles. The largest absolute Gasteiger partial charge is 0.327 e. The maximum atomic E-state index is 12.7. The normalized spacial score (nSPS) is 19.9. The summed E-state index contributed by atoms with van der Waals surface area (Å²) in [4.78, 5) is 12.7. The number of nitrogens with two attached hydrogens (primary N) is 1. The van der Waals surface area contributed by atoms with E-state index in [-0.39, 0.29) is 11.8 Å². The monoisotopic (exact) mass is 323 g/mol. The van der Waals surface area contributed by atoms with Crippen LogP contribution in [0.15, 0.2) is 36.4 Å². The number of ketones is 1. The molecule has 4 rings (SSSR count). The van der Waals surface area contributed by atoms with Crippen LogP contribution in [0.2, 0.25) is 0 Å². The molecule has 3 aromatic rings. The van der Waals surface area contributed by atoms with Crippen molar-refractivity contribution in [3.8, 4) is 0 Å². The van der Waals surface area contributed by atoms with Crippen LogP contribution in [0.1, 0.15) is 38.3 Å². The number of hydrogen-bond acceptors (Lipinski definition) is 5. The van der Waals surface area contributed by atoms with Gasteiger partial charge >= 0.3 is 0 Å². The van der Waals surface area contributed by atoms with Crippen molar-refractivity contribution in [3.05, 3.63) is 57.5 Å². The fraction of sp³-hybridized carbons (Fsp3) is 0.278. The Hall–Kier alpha value is -2.11. The highest BCUT2D eigenvalue weighted by Crippen LogP contribution is 2.42. The lowest BCUT2D eigenvalue weighted by Crippen LogP contribution is -2.06. The Morgan fingerprint density at radius 1 is 1.30 bits per heavy atom. The number of fused-ring (bicyclic) bond motifs is 1. The van der Waals surface area contributed by atoms with Crippen molar-refractivity contribution >= 4 is 27.9 Å². The lowest BCUT2D eigenvalue weighted by Gasteiger charge is -2.09. The molecular formula is C18H17N3OS. The third-order valence-electron chi connectivity index (χ3n) is 4.33. The summed E-state index contributed by atoms with van der Waals surface area (Å²) in [6, 6.07) is 12.4. The van der Waals surface area contributed by atoms with Gasteiger partial charge < -0.3 is 5.73 Å². The van der Waals surface area contributed by atoms with Gasteiger partial charge in [0.2, 0.25) is 0 Å². The second kappa shape index (κ2) is 5.51. The molecule has 1 saturated carbocycles. The van der Waals surface area contributed by atoms with E-state index in [9.17, 15) is 4.79 Å². The van der Waals surface area contributed by atoms with Gasteiger partial charge in [-0.1, -0.05) is 24.3 Å². The van der Waals surface area contributed by atoms with Crippen LogP contribution in [0.3, 0.4) is 0 Å². The number of carbonyl (C=O) groups is 1. The van der Waals surface area contributed by atoms with Gasteiger partial charge in [0.15, 0.2) is 5.78 Å². The number of hydrogen-bond donors (Lipinski definition) is 1. The quantitative estimate of drug-likeness (QED) is 0.748. The van der Waals surface area contributed by atoms with E-state index in [1.54, 1.807) is 0 Å². The predicted molar refractivity (Wildman–Crippen MR) is 92.0 cm³/mol. The standard InChI is InChI=1S/C18H17N3OS/c1-10-20-21-18(23-10)9-17(22)12-6-11-4-2-3-5-13(11)14(7-12)15-8-16(15)19/h2-7,15-16H,8-9,19H2,1H3. The van der Waals surface area contributed by atoms with Crippen LogP contribution >= 0.6 is 11.3 Å². The Kier molecular flexibility index (Phi) is 3.47. The van der Waals surface area contributed by atoms with Gasteiger partial charge in [0.1, 0.15) is 10.0 Å². The molecule has 5 heteroatoms. The first-order valence-corrected chi connectivity index (χ1v) is 8.54. The van der Waals surface area contributed by atoms with Gasteiger partial charge in [-0.15, -0.1) is 21.5 Å². The third-order valence-corrected chi connectivity index (χ3v) is 5.17. The number of nitrogens with zero attached hydrogens (tertiary/aromatic N) is 2. The summed E-state index contributed by atoms with van der Waals surface area (Å²) in [5.41, 5.74) is 7.98. The summed E-state index contributed by atoms with van der Waals surface area (Å²) in [7, 11) is 0.